The van der Waals surface area contributed by atoms with E-state index >= 15 is 0 Å². The summed E-state index contributed by atoms with van der Waals surface area (Å²) >= 11 is 7.48. The Bertz CT molecular complexity index is 866. The number of ether oxygens (including phenoxy) is 1. The van der Waals surface area contributed by atoms with Gasteiger partial charge >= 0.3 is 0 Å². The van der Waals surface area contributed by atoms with Gasteiger partial charge in [-0.25, -0.2) is 9.97 Å². The number of amides is 1. The average molecular weight is 377 g/mol. The van der Waals surface area contributed by atoms with Crippen molar-refractivity contribution in [2.24, 2.45) is 0 Å². The maximum Gasteiger partial charge on any atom is 0.237 e. The first-order chi connectivity index (χ1) is 12.1. The van der Waals surface area contributed by atoms with Crippen LogP contribution in [0, 0.1) is 0 Å². The van der Waals surface area contributed by atoms with Crippen molar-refractivity contribution in [2.45, 2.75) is 23.8 Å². The van der Waals surface area contributed by atoms with E-state index in [9.17, 15) is 4.79 Å². The van der Waals surface area contributed by atoms with E-state index in [2.05, 4.69) is 20.3 Å². The van der Waals surface area contributed by atoms with Crippen LogP contribution < -0.4 is 10.1 Å². The fourth-order valence-corrected chi connectivity index (χ4v) is 3.47. The van der Waals surface area contributed by atoms with Crippen LogP contribution >= 0.6 is 23.4 Å². The van der Waals surface area contributed by atoms with Crippen molar-refractivity contribution >= 4 is 46.1 Å². The van der Waals surface area contributed by atoms with Gasteiger partial charge in [-0.05, 0) is 36.8 Å². The summed E-state index contributed by atoms with van der Waals surface area (Å²) in [5.74, 6) is 0.456. The number of carbonyl (C=O) groups excluding carboxylic acids is 1. The molecule has 1 aromatic carbocycles. The molecule has 0 fully saturated rings. The Balaban J connectivity index is 1.71. The minimum absolute atomic E-state index is 0.109. The lowest BCUT2D eigenvalue weighted by Crippen LogP contribution is -2.24. The summed E-state index contributed by atoms with van der Waals surface area (Å²) in [7, 11) is 1.55. The lowest BCUT2D eigenvalue weighted by Gasteiger charge is -2.14. The molecule has 6 nitrogen and oxygen atoms in total. The minimum atomic E-state index is -0.290. The van der Waals surface area contributed by atoms with E-state index in [-0.39, 0.29) is 11.2 Å². The van der Waals surface area contributed by atoms with E-state index in [1.165, 1.54) is 11.8 Å². The zero-order valence-electron chi connectivity index (χ0n) is 13.7. The number of nitrogens with one attached hydrogen (secondary N) is 2. The molecule has 2 aromatic heterocycles. The van der Waals surface area contributed by atoms with E-state index < -0.39 is 0 Å². The molecule has 1 unspecified atom stereocenters. The number of hydrogen-bond donors (Lipinski definition) is 2. The molecule has 3 rings (SSSR count). The van der Waals surface area contributed by atoms with Crippen LogP contribution in [0.1, 0.15) is 13.3 Å². The van der Waals surface area contributed by atoms with Crippen molar-refractivity contribution in [1.29, 1.82) is 0 Å². The third-order valence-corrected chi connectivity index (χ3v) is 5.12. The number of aromatic nitrogens is 3. The zero-order valence-corrected chi connectivity index (χ0v) is 15.3. The van der Waals surface area contributed by atoms with Gasteiger partial charge in [0.25, 0.3) is 0 Å². The summed E-state index contributed by atoms with van der Waals surface area (Å²) in [5.41, 5.74) is 2.12. The van der Waals surface area contributed by atoms with Crippen LogP contribution in [0.2, 0.25) is 5.02 Å². The Morgan fingerprint density at radius 1 is 1.44 bits per heavy atom. The number of nitrogens with zero attached hydrogens (tertiary/aromatic N) is 2. The molecule has 130 valence electrons. The highest BCUT2D eigenvalue weighted by Gasteiger charge is 2.20. The molecule has 0 radical (unpaired) electrons. The van der Waals surface area contributed by atoms with Crippen molar-refractivity contribution in [1.82, 2.24) is 15.0 Å². The van der Waals surface area contributed by atoms with Gasteiger partial charge in [-0.15, -0.1) is 0 Å². The van der Waals surface area contributed by atoms with Crippen molar-refractivity contribution in [3.05, 3.63) is 41.6 Å². The molecule has 1 amide bonds. The number of benzene rings is 1. The molecule has 0 aliphatic rings. The normalized spacial score (nSPS) is 12.1. The molecule has 8 heteroatoms. The molecular formula is C17H17ClN4O2S. The number of pyridine rings is 1. The summed E-state index contributed by atoms with van der Waals surface area (Å²) in [6, 6.07) is 8.88. The van der Waals surface area contributed by atoms with E-state index in [1.807, 2.05) is 19.1 Å². The number of rotatable bonds is 6. The second-order valence-corrected chi connectivity index (χ2v) is 6.87. The van der Waals surface area contributed by atoms with E-state index in [4.69, 9.17) is 16.3 Å². The standard InChI is InChI=1S/C17H17ClN4O2S/c1-3-14(25-17-21-12-5-4-8-19-15(12)22-17)16(23)20-10-6-7-13(24-2)11(18)9-10/h4-9,14H,3H2,1-2H3,(H,20,23)(H,19,21,22). The highest BCUT2D eigenvalue weighted by atomic mass is 35.5. The van der Waals surface area contributed by atoms with Crippen molar-refractivity contribution in [3.8, 4) is 5.75 Å². The number of fused-ring (bicyclic) bond motifs is 1. The fourth-order valence-electron chi connectivity index (χ4n) is 2.30. The smallest absolute Gasteiger partial charge is 0.237 e. The fraction of sp³-hybridized carbons (Fsp3) is 0.235. The first kappa shape index (κ1) is 17.6. The largest absolute Gasteiger partial charge is 0.495 e. The van der Waals surface area contributed by atoms with Crippen LogP contribution in [-0.2, 0) is 4.79 Å². The quantitative estimate of drug-likeness (QED) is 0.632. The topological polar surface area (TPSA) is 79.9 Å². The van der Waals surface area contributed by atoms with Gasteiger partial charge in [0.1, 0.15) is 5.75 Å². The Labute approximate surface area is 154 Å². The molecule has 0 bridgehead atoms. The predicted octanol–water partition coefficient (Wildman–Crippen LogP) is 4.13. The van der Waals surface area contributed by atoms with E-state index in [0.717, 1.165) is 5.52 Å². The van der Waals surface area contributed by atoms with Gasteiger partial charge in [0.15, 0.2) is 10.8 Å². The summed E-state index contributed by atoms with van der Waals surface area (Å²) in [5, 5.41) is 3.71. The number of thioether (sulfide) groups is 1. The predicted molar refractivity (Wildman–Crippen MR) is 100 cm³/mol. The molecule has 0 saturated carbocycles. The number of anilines is 1. The maximum absolute atomic E-state index is 12.6. The number of methoxy groups -OCH3 is 1. The van der Waals surface area contributed by atoms with Crippen molar-refractivity contribution in [3.63, 3.8) is 0 Å². The van der Waals surface area contributed by atoms with Crippen LogP contribution in [0.5, 0.6) is 5.75 Å². The SMILES string of the molecule is CCC(Sc1nc2ncccc2[nH]1)C(=O)Nc1ccc(OC)c(Cl)c1. The molecule has 2 heterocycles. The van der Waals surface area contributed by atoms with E-state index in [0.29, 0.717) is 33.7 Å². The van der Waals surface area contributed by atoms with Gasteiger partial charge in [-0.3, -0.25) is 4.79 Å². The average Bonchev–Trinajstić information content (AvgIpc) is 3.02. The van der Waals surface area contributed by atoms with Crippen molar-refractivity contribution in [2.75, 3.05) is 12.4 Å². The number of hydrogen-bond acceptors (Lipinski definition) is 5. The van der Waals surface area contributed by atoms with Gasteiger partial charge in [-0.2, -0.15) is 0 Å². The number of carbonyl (C=O) groups is 1. The van der Waals surface area contributed by atoms with Crippen molar-refractivity contribution < 1.29 is 9.53 Å². The van der Waals surface area contributed by atoms with E-state index in [1.54, 1.807) is 31.5 Å². The Morgan fingerprint density at radius 2 is 2.28 bits per heavy atom. The first-order valence-electron chi connectivity index (χ1n) is 7.72. The van der Waals surface area contributed by atoms with Gasteiger partial charge in [0.2, 0.25) is 5.91 Å². The number of H-pyrrole nitrogens is 1. The zero-order chi connectivity index (χ0) is 17.8. The van der Waals surface area contributed by atoms with Crippen LogP contribution in [0.3, 0.4) is 0 Å². The second kappa shape index (κ2) is 7.76. The van der Waals surface area contributed by atoms with Gasteiger partial charge < -0.3 is 15.0 Å². The molecule has 3 aromatic rings. The minimum Gasteiger partial charge on any atom is -0.495 e. The Morgan fingerprint density at radius 3 is 2.96 bits per heavy atom. The molecule has 2 N–H and O–H groups in total. The lowest BCUT2D eigenvalue weighted by molar-refractivity contribution is -0.115. The number of halogens is 1. The van der Waals surface area contributed by atoms with Gasteiger partial charge in [-0.1, -0.05) is 30.3 Å². The summed E-state index contributed by atoms with van der Waals surface area (Å²) in [4.78, 5) is 24.3. The highest BCUT2D eigenvalue weighted by Crippen LogP contribution is 2.29. The first-order valence-corrected chi connectivity index (χ1v) is 8.98. The molecule has 0 spiro atoms. The molecule has 25 heavy (non-hydrogen) atoms. The maximum atomic E-state index is 12.6. The Kier molecular flexibility index (Phi) is 5.45. The summed E-state index contributed by atoms with van der Waals surface area (Å²) in [6.07, 6.45) is 2.35. The molecule has 0 aliphatic heterocycles. The van der Waals surface area contributed by atoms with Crippen LogP contribution in [0.25, 0.3) is 11.2 Å². The number of aromatic amines is 1. The highest BCUT2D eigenvalue weighted by molar-refractivity contribution is 8.00. The third kappa shape index (κ3) is 4.05. The molecule has 0 aliphatic carbocycles. The van der Waals surface area contributed by atoms with Crippen LogP contribution in [-0.4, -0.2) is 33.2 Å². The molecule has 1 atom stereocenters. The lowest BCUT2D eigenvalue weighted by atomic mass is 10.2. The van der Waals surface area contributed by atoms with Crippen LogP contribution in [0.4, 0.5) is 5.69 Å². The third-order valence-electron chi connectivity index (χ3n) is 3.57. The van der Waals surface area contributed by atoms with Crippen LogP contribution in [0.15, 0.2) is 41.7 Å². The monoisotopic (exact) mass is 376 g/mol. The summed E-state index contributed by atoms with van der Waals surface area (Å²) in [6.45, 7) is 1.96. The summed E-state index contributed by atoms with van der Waals surface area (Å²) < 4.78 is 5.11. The number of imidazole rings is 1. The molecule has 0 saturated heterocycles. The Hall–Kier alpha value is -2.25. The molecular weight excluding hydrogens is 360 g/mol. The van der Waals surface area contributed by atoms with Gasteiger partial charge in [0.05, 0.1) is 22.9 Å². The second-order valence-electron chi connectivity index (χ2n) is 5.27. The van der Waals surface area contributed by atoms with Gasteiger partial charge in [0, 0.05) is 11.9 Å².